The second-order valence-electron chi connectivity index (χ2n) is 4.60. The largest absolute Gasteiger partial charge is 0.383 e. The van der Waals surface area contributed by atoms with E-state index in [1.807, 2.05) is 28.8 Å². The van der Waals surface area contributed by atoms with Crippen LogP contribution >= 0.6 is 12.4 Å². The SMILES string of the molecule is COCC(N)C(=O)N1CCn2c1nc1ccccc12.Cl. The van der Waals surface area contributed by atoms with Gasteiger partial charge in [0.15, 0.2) is 0 Å². The summed E-state index contributed by atoms with van der Waals surface area (Å²) in [6, 6.07) is 7.22. The highest BCUT2D eigenvalue weighted by Crippen LogP contribution is 2.27. The third kappa shape index (κ3) is 2.26. The zero-order valence-electron chi connectivity index (χ0n) is 11.2. The smallest absolute Gasteiger partial charge is 0.248 e. The van der Waals surface area contributed by atoms with Crippen LogP contribution in [0.2, 0.25) is 0 Å². The number of halogens is 1. The van der Waals surface area contributed by atoms with Crippen LogP contribution in [0.15, 0.2) is 24.3 Å². The maximum absolute atomic E-state index is 12.2. The molecule has 0 fully saturated rings. The average molecular weight is 297 g/mol. The van der Waals surface area contributed by atoms with Crippen LogP contribution in [0.3, 0.4) is 0 Å². The standard InChI is InChI=1S/C13H16N4O2.ClH/c1-19-8-9(14)12(18)17-7-6-16-11-5-3-2-4-10(11)15-13(16)17;/h2-5,9H,6-8,14H2,1H3;1H. The van der Waals surface area contributed by atoms with E-state index in [2.05, 4.69) is 4.98 Å². The summed E-state index contributed by atoms with van der Waals surface area (Å²) in [5.74, 6) is 0.536. The number of benzene rings is 1. The molecular weight excluding hydrogens is 280 g/mol. The maximum atomic E-state index is 12.2. The topological polar surface area (TPSA) is 73.4 Å². The van der Waals surface area contributed by atoms with Crippen LogP contribution in [0.25, 0.3) is 11.0 Å². The Labute approximate surface area is 122 Å². The summed E-state index contributed by atoms with van der Waals surface area (Å²) in [5.41, 5.74) is 7.75. The van der Waals surface area contributed by atoms with Crippen molar-refractivity contribution in [1.29, 1.82) is 0 Å². The van der Waals surface area contributed by atoms with Crippen LogP contribution in [-0.2, 0) is 16.1 Å². The first kappa shape index (κ1) is 14.8. The molecule has 0 aliphatic carbocycles. The Morgan fingerprint density at radius 1 is 1.45 bits per heavy atom. The minimum Gasteiger partial charge on any atom is -0.383 e. The second-order valence-corrected chi connectivity index (χ2v) is 4.60. The summed E-state index contributed by atoms with van der Waals surface area (Å²) in [6.07, 6.45) is 0. The fraction of sp³-hybridized carbons (Fsp3) is 0.385. The van der Waals surface area contributed by atoms with Crippen LogP contribution in [0.1, 0.15) is 0 Å². The van der Waals surface area contributed by atoms with Crippen LogP contribution in [-0.4, -0.2) is 41.8 Å². The molecule has 3 rings (SSSR count). The summed E-state index contributed by atoms with van der Waals surface area (Å²) in [4.78, 5) is 18.4. The molecule has 2 aromatic rings. The number of amides is 1. The molecule has 6 nitrogen and oxygen atoms in total. The van der Waals surface area contributed by atoms with Crippen molar-refractivity contribution in [3.8, 4) is 0 Å². The van der Waals surface area contributed by atoms with Crippen LogP contribution in [0, 0.1) is 0 Å². The Balaban J connectivity index is 0.00000147. The van der Waals surface area contributed by atoms with Gasteiger partial charge in [-0.05, 0) is 12.1 Å². The van der Waals surface area contributed by atoms with Crippen molar-refractivity contribution < 1.29 is 9.53 Å². The summed E-state index contributed by atoms with van der Waals surface area (Å²) in [7, 11) is 1.53. The highest BCUT2D eigenvalue weighted by molar-refractivity contribution is 5.98. The normalized spacial score (nSPS) is 15.0. The molecule has 1 aromatic carbocycles. The molecule has 1 aliphatic heterocycles. The van der Waals surface area contributed by atoms with Gasteiger partial charge >= 0.3 is 0 Å². The fourth-order valence-corrected chi connectivity index (χ4v) is 2.45. The van der Waals surface area contributed by atoms with Crippen molar-refractivity contribution in [2.24, 2.45) is 5.73 Å². The molecule has 0 spiro atoms. The van der Waals surface area contributed by atoms with Gasteiger partial charge in [0.25, 0.3) is 0 Å². The molecule has 1 aliphatic rings. The number of nitrogens with two attached hydrogens (primary N) is 1. The first-order valence-corrected chi connectivity index (χ1v) is 6.23. The number of hydrogen-bond donors (Lipinski definition) is 1. The van der Waals surface area contributed by atoms with Crippen molar-refractivity contribution in [2.75, 3.05) is 25.2 Å². The van der Waals surface area contributed by atoms with Crippen LogP contribution in [0.4, 0.5) is 5.95 Å². The predicted molar refractivity (Wildman–Crippen MR) is 79.2 cm³/mol. The number of hydrogen-bond acceptors (Lipinski definition) is 4. The number of rotatable bonds is 3. The Bertz CT molecular complexity index is 628. The molecule has 0 bridgehead atoms. The first-order valence-electron chi connectivity index (χ1n) is 6.23. The summed E-state index contributed by atoms with van der Waals surface area (Å²) in [5, 5.41) is 0. The average Bonchev–Trinajstić information content (AvgIpc) is 2.96. The number of para-hydroxylation sites is 2. The third-order valence-electron chi connectivity index (χ3n) is 3.35. The molecule has 1 unspecified atom stereocenters. The number of aromatic nitrogens is 2. The summed E-state index contributed by atoms with van der Waals surface area (Å²) >= 11 is 0. The van der Waals surface area contributed by atoms with Gasteiger partial charge in [0.05, 0.1) is 17.6 Å². The Kier molecular flexibility index (Phi) is 4.27. The van der Waals surface area contributed by atoms with Crippen molar-refractivity contribution in [1.82, 2.24) is 9.55 Å². The quantitative estimate of drug-likeness (QED) is 0.908. The van der Waals surface area contributed by atoms with Crippen molar-refractivity contribution >= 4 is 35.3 Å². The maximum Gasteiger partial charge on any atom is 0.248 e. The van der Waals surface area contributed by atoms with E-state index in [9.17, 15) is 4.79 Å². The Morgan fingerprint density at radius 2 is 2.20 bits per heavy atom. The van der Waals surface area contributed by atoms with E-state index in [-0.39, 0.29) is 24.9 Å². The molecule has 20 heavy (non-hydrogen) atoms. The predicted octanol–water partition coefficient (Wildman–Crippen LogP) is 0.778. The second kappa shape index (κ2) is 5.78. The van der Waals surface area contributed by atoms with E-state index in [1.54, 1.807) is 4.90 Å². The van der Waals surface area contributed by atoms with Crippen molar-refractivity contribution in [2.45, 2.75) is 12.6 Å². The van der Waals surface area contributed by atoms with Gasteiger partial charge in [-0.15, -0.1) is 12.4 Å². The summed E-state index contributed by atoms with van der Waals surface area (Å²) in [6.45, 7) is 1.58. The van der Waals surface area contributed by atoms with Gasteiger partial charge in [-0.2, -0.15) is 0 Å². The molecule has 1 amide bonds. The highest BCUT2D eigenvalue weighted by Gasteiger charge is 2.31. The zero-order valence-corrected chi connectivity index (χ0v) is 12.0. The van der Waals surface area contributed by atoms with Crippen LogP contribution in [0.5, 0.6) is 0 Å². The third-order valence-corrected chi connectivity index (χ3v) is 3.35. The number of ether oxygens (including phenoxy) is 1. The van der Waals surface area contributed by atoms with Crippen molar-refractivity contribution in [3.05, 3.63) is 24.3 Å². The molecule has 1 atom stereocenters. The minimum absolute atomic E-state index is 0. The van der Waals surface area contributed by atoms with Crippen LogP contribution < -0.4 is 10.6 Å². The zero-order chi connectivity index (χ0) is 13.4. The molecule has 108 valence electrons. The van der Waals surface area contributed by atoms with Gasteiger partial charge in [0.1, 0.15) is 6.04 Å². The van der Waals surface area contributed by atoms with E-state index in [0.717, 1.165) is 17.6 Å². The van der Waals surface area contributed by atoms with Gasteiger partial charge in [-0.1, -0.05) is 12.1 Å². The highest BCUT2D eigenvalue weighted by atomic mass is 35.5. The fourth-order valence-electron chi connectivity index (χ4n) is 2.45. The Morgan fingerprint density at radius 3 is 2.95 bits per heavy atom. The number of carbonyl (C=O) groups is 1. The molecule has 0 radical (unpaired) electrons. The molecule has 1 aromatic heterocycles. The molecule has 7 heteroatoms. The summed E-state index contributed by atoms with van der Waals surface area (Å²) < 4.78 is 6.98. The minimum atomic E-state index is -0.642. The van der Waals surface area contributed by atoms with E-state index in [0.29, 0.717) is 12.5 Å². The lowest BCUT2D eigenvalue weighted by molar-refractivity contribution is -0.120. The van der Waals surface area contributed by atoms with E-state index >= 15 is 0 Å². The van der Waals surface area contributed by atoms with Gasteiger partial charge in [-0.3, -0.25) is 9.69 Å². The number of nitrogens with zero attached hydrogens (tertiary/aromatic N) is 3. The number of anilines is 1. The number of methoxy groups -OCH3 is 1. The number of imidazole rings is 1. The van der Waals surface area contributed by atoms with E-state index in [4.69, 9.17) is 10.5 Å². The Hall–Kier alpha value is -1.63. The lowest BCUT2D eigenvalue weighted by Gasteiger charge is -2.18. The molecule has 2 N–H and O–H groups in total. The van der Waals surface area contributed by atoms with Gasteiger partial charge < -0.3 is 15.0 Å². The van der Waals surface area contributed by atoms with Gasteiger partial charge in [-0.25, -0.2) is 4.98 Å². The van der Waals surface area contributed by atoms with E-state index < -0.39 is 6.04 Å². The molecule has 2 heterocycles. The molecular formula is C13H17ClN4O2. The van der Waals surface area contributed by atoms with Gasteiger partial charge in [0.2, 0.25) is 11.9 Å². The lowest BCUT2D eigenvalue weighted by atomic mass is 10.3. The first-order chi connectivity index (χ1) is 9.22. The van der Waals surface area contributed by atoms with Crippen molar-refractivity contribution in [3.63, 3.8) is 0 Å². The number of carbonyl (C=O) groups excluding carboxylic acids is 1. The lowest BCUT2D eigenvalue weighted by Crippen LogP contribution is -2.45. The van der Waals surface area contributed by atoms with Gasteiger partial charge in [0, 0.05) is 20.2 Å². The van der Waals surface area contributed by atoms with E-state index in [1.165, 1.54) is 7.11 Å². The molecule has 0 saturated heterocycles. The molecule has 0 saturated carbocycles. The number of fused-ring (bicyclic) bond motifs is 3. The monoisotopic (exact) mass is 296 g/mol.